The van der Waals surface area contributed by atoms with Crippen LogP contribution in [0.25, 0.3) is 10.9 Å². The number of benzene rings is 2. The van der Waals surface area contributed by atoms with E-state index in [1.165, 1.54) is 0 Å². The van der Waals surface area contributed by atoms with Gasteiger partial charge in [-0.25, -0.2) is 0 Å². The number of halogens is 1. The lowest BCUT2D eigenvalue weighted by atomic mass is 10.1. The molecule has 3 aromatic rings. The molecule has 2 N–H and O–H groups in total. The molecule has 114 valence electrons. The van der Waals surface area contributed by atoms with Crippen LogP contribution < -0.4 is 5.32 Å². The van der Waals surface area contributed by atoms with Gasteiger partial charge in [0.05, 0.1) is 10.6 Å². The number of aryl methyl sites for hydroxylation is 1. The van der Waals surface area contributed by atoms with Crippen LogP contribution >= 0.6 is 11.6 Å². The summed E-state index contributed by atoms with van der Waals surface area (Å²) in [5, 5.41) is 13.1. The molecule has 2 aromatic carbocycles. The van der Waals surface area contributed by atoms with Crippen LogP contribution in [0.3, 0.4) is 0 Å². The van der Waals surface area contributed by atoms with E-state index >= 15 is 0 Å². The number of para-hydroxylation sites is 1. The van der Waals surface area contributed by atoms with Crippen molar-refractivity contribution in [3.8, 4) is 6.07 Å². The maximum atomic E-state index is 12.1. The van der Waals surface area contributed by atoms with Gasteiger partial charge in [0.25, 0.3) is 0 Å². The van der Waals surface area contributed by atoms with Gasteiger partial charge in [0, 0.05) is 29.2 Å². The van der Waals surface area contributed by atoms with E-state index in [9.17, 15) is 4.79 Å². The van der Waals surface area contributed by atoms with E-state index in [1.807, 2.05) is 36.5 Å². The molecular weight excluding hydrogens is 310 g/mol. The third kappa shape index (κ3) is 3.36. The van der Waals surface area contributed by atoms with Crippen LogP contribution in [0.4, 0.5) is 5.69 Å². The third-order valence-electron chi connectivity index (χ3n) is 3.67. The Morgan fingerprint density at radius 3 is 2.87 bits per heavy atom. The number of aromatic amines is 1. The first-order valence-corrected chi connectivity index (χ1v) is 7.59. The van der Waals surface area contributed by atoms with E-state index in [0.717, 1.165) is 16.5 Å². The third-order valence-corrected chi connectivity index (χ3v) is 3.98. The van der Waals surface area contributed by atoms with E-state index < -0.39 is 0 Å². The van der Waals surface area contributed by atoms with Crippen molar-refractivity contribution in [1.29, 1.82) is 5.26 Å². The average Bonchev–Trinajstić information content (AvgIpc) is 2.96. The normalized spacial score (nSPS) is 10.4. The smallest absolute Gasteiger partial charge is 0.224 e. The molecule has 4 nitrogen and oxygen atoms in total. The Bertz CT molecular complexity index is 908. The molecule has 23 heavy (non-hydrogen) atoms. The first-order valence-electron chi connectivity index (χ1n) is 7.22. The molecule has 1 aromatic heterocycles. The largest absolute Gasteiger partial charge is 0.361 e. The molecule has 0 aliphatic heterocycles. The molecule has 0 spiro atoms. The topological polar surface area (TPSA) is 68.7 Å². The zero-order chi connectivity index (χ0) is 16.2. The predicted octanol–water partition coefficient (Wildman–Crippen LogP) is 4.26. The molecular formula is C18H14ClN3O. The monoisotopic (exact) mass is 323 g/mol. The summed E-state index contributed by atoms with van der Waals surface area (Å²) in [4.78, 5) is 15.3. The van der Waals surface area contributed by atoms with E-state index in [0.29, 0.717) is 29.1 Å². The molecule has 3 rings (SSSR count). The number of nitrogens with zero attached hydrogens (tertiary/aromatic N) is 1. The molecule has 0 fully saturated rings. The summed E-state index contributed by atoms with van der Waals surface area (Å²) in [6, 6.07) is 14.9. The molecule has 0 saturated carbocycles. The maximum Gasteiger partial charge on any atom is 0.224 e. The second-order valence-corrected chi connectivity index (χ2v) is 5.62. The number of amides is 1. The highest BCUT2D eigenvalue weighted by Gasteiger charge is 2.08. The van der Waals surface area contributed by atoms with E-state index in [1.54, 1.807) is 18.2 Å². The summed E-state index contributed by atoms with van der Waals surface area (Å²) in [5.74, 6) is -0.0870. The summed E-state index contributed by atoms with van der Waals surface area (Å²) in [6.07, 6.45) is 2.97. The molecule has 0 aliphatic rings. The van der Waals surface area contributed by atoms with Gasteiger partial charge >= 0.3 is 0 Å². The minimum Gasteiger partial charge on any atom is -0.361 e. The van der Waals surface area contributed by atoms with Crippen molar-refractivity contribution in [3.63, 3.8) is 0 Å². The standard InChI is InChI=1S/C18H14ClN3O/c19-16-9-14(7-5-12(16)10-20)22-18(23)8-6-13-11-21-17-4-2-1-3-15(13)17/h1-5,7,9,11,21H,6,8H2,(H,22,23). The first kappa shape index (κ1) is 15.1. The van der Waals surface area contributed by atoms with Crippen molar-refractivity contribution in [2.75, 3.05) is 5.32 Å². The van der Waals surface area contributed by atoms with Gasteiger partial charge in [0.15, 0.2) is 0 Å². The summed E-state index contributed by atoms with van der Waals surface area (Å²) in [6.45, 7) is 0. The summed E-state index contributed by atoms with van der Waals surface area (Å²) in [7, 11) is 0. The zero-order valence-corrected chi connectivity index (χ0v) is 13.0. The van der Waals surface area contributed by atoms with Crippen molar-refractivity contribution < 1.29 is 4.79 Å². The Kier molecular flexibility index (Phi) is 4.31. The Morgan fingerprint density at radius 1 is 1.26 bits per heavy atom. The number of carbonyl (C=O) groups excluding carboxylic acids is 1. The van der Waals surface area contributed by atoms with Gasteiger partial charge in [0.2, 0.25) is 5.91 Å². The van der Waals surface area contributed by atoms with Gasteiger partial charge in [-0.05, 0) is 36.2 Å². The fourth-order valence-corrected chi connectivity index (χ4v) is 2.72. The van der Waals surface area contributed by atoms with Crippen LogP contribution in [-0.4, -0.2) is 10.9 Å². The zero-order valence-electron chi connectivity index (χ0n) is 12.3. The first-order chi connectivity index (χ1) is 11.2. The number of fused-ring (bicyclic) bond motifs is 1. The summed E-state index contributed by atoms with van der Waals surface area (Å²) in [5.41, 5.74) is 3.18. The van der Waals surface area contributed by atoms with E-state index in [-0.39, 0.29) is 5.91 Å². The Morgan fingerprint density at radius 2 is 2.09 bits per heavy atom. The Hall–Kier alpha value is -2.77. The molecule has 0 bridgehead atoms. The maximum absolute atomic E-state index is 12.1. The Labute approximate surface area is 138 Å². The van der Waals surface area contributed by atoms with Gasteiger partial charge in [0.1, 0.15) is 6.07 Å². The molecule has 0 unspecified atom stereocenters. The summed E-state index contributed by atoms with van der Waals surface area (Å²) >= 11 is 5.96. The number of anilines is 1. The van der Waals surface area contributed by atoms with Crippen molar-refractivity contribution in [1.82, 2.24) is 4.98 Å². The minimum atomic E-state index is -0.0870. The Balaban J connectivity index is 1.64. The number of nitriles is 1. The van der Waals surface area contributed by atoms with Crippen molar-refractivity contribution >= 4 is 34.1 Å². The van der Waals surface area contributed by atoms with E-state index in [2.05, 4.69) is 10.3 Å². The number of nitrogens with one attached hydrogen (secondary N) is 2. The fourth-order valence-electron chi connectivity index (χ4n) is 2.49. The average molecular weight is 324 g/mol. The number of H-pyrrole nitrogens is 1. The minimum absolute atomic E-state index is 0.0870. The van der Waals surface area contributed by atoms with Crippen LogP contribution in [0, 0.1) is 11.3 Å². The van der Waals surface area contributed by atoms with E-state index in [4.69, 9.17) is 16.9 Å². The lowest BCUT2D eigenvalue weighted by molar-refractivity contribution is -0.116. The van der Waals surface area contributed by atoms with Crippen LogP contribution in [-0.2, 0) is 11.2 Å². The molecule has 0 radical (unpaired) electrons. The van der Waals surface area contributed by atoms with Gasteiger partial charge < -0.3 is 10.3 Å². The molecule has 1 heterocycles. The molecule has 5 heteroatoms. The molecule has 0 atom stereocenters. The van der Waals surface area contributed by atoms with Crippen molar-refractivity contribution in [3.05, 3.63) is 64.8 Å². The SMILES string of the molecule is N#Cc1ccc(NC(=O)CCc2c[nH]c3ccccc23)cc1Cl. The molecule has 0 aliphatic carbocycles. The van der Waals surface area contributed by atoms with Crippen molar-refractivity contribution in [2.24, 2.45) is 0 Å². The predicted molar refractivity (Wildman–Crippen MR) is 91.4 cm³/mol. The van der Waals surface area contributed by atoms with Gasteiger partial charge in [-0.3, -0.25) is 4.79 Å². The van der Waals surface area contributed by atoms with Crippen LogP contribution in [0.5, 0.6) is 0 Å². The number of carbonyl (C=O) groups is 1. The number of aromatic nitrogens is 1. The molecule has 0 saturated heterocycles. The number of hydrogen-bond acceptors (Lipinski definition) is 2. The van der Waals surface area contributed by atoms with Gasteiger partial charge in [-0.15, -0.1) is 0 Å². The lowest BCUT2D eigenvalue weighted by Crippen LogP contribution is -2.12. The van der Waals surface area contributed by atoms with Gasteiger partial charge in [-0.2, -0.15) is 5.26 Å². The second-order valence-electron chi connectivity index (χ2n) is 5.21. The highest BCUT2D eigenvalue weighted by molar-refractivity contribution is 6.32. The highest BCUT2D eigenvalue weighted by Crippen LogP contribution is 2.21. The van der Waals surface area contributed by atoms with Gasteiger partial charge in [-0.1, -0.05) is 29.8 Å². The number of rotatable bonds is 4. The lowest BCUT2D eigenvalue weighted by Gasteiger charge is -2.06. The van der Waals surface area contributed by atoms with Crippen LogP contribution in [0.1, 0.15) is 17.5 Å². The quantitative estimate of drug-likeness (QED) is 0.753. The van der Waals surface area contributed by atoms with Crippen LogP contribution in [0.15, 0.2) is 48.7 Å². The summed E-state index contributed by atoms with van der Waals surface area (Å²) < 4.78 is 0. The van der Waals surface area contributed by atoms with Crippen molar-refractivity contribution in [2.45, 2.75) is 12.8 Å². The second kappa shape index (κ2) is 6.55. The fraction of sp³-hybridized carbons (Fsp3) is 0.111. The number of hydrogen-bond donors (Lipinski definition) is 2. The van der Waals surface area contributed by atoms with Crippen LogP contribution in [0.2, 0.25) is 5.02 Å². The molecule has 1 amide bonds. The highest BCUT2D eigenvalue weighted by atomic mass is 35.5.